The molecule has 3 aromatic rings. The minimum absolute atomic E-state index is 0.214. The second kappa shape index (κ2) is 9.18. The highest BCUT2D eigenvalue weighted by Gasteiger charge is 2.30. The van der Waals surface area contributed by atoms with E-state index >= 15 is 0 Å². The summed E-state index contributed by atoms with van der Waals surface area (Å²) in [7, 11) is 0. The van der Waals surface area contributed by atoms with Crippen molar-refractivity contribution >= 4 is 35.0 Å². The maximum atomic E-state index is 12.6. The minimum Gasteiger partial charge on any atom is -0.478 e. The molecule has 28 heavy (non-hydrogen) atoms. The van der Waals surface area contributed by atoms with Crippen LogP contribution in [-0.2, 0) is 10.5 Å². The maximum Gasteiger partial charge on any atom is 0.267 e. The summed E-state index contributed by atoms with van der Waals surface area (Å²) in [5.74, 6) is 1.26. The highest BCUT2D eigenvalue weighted by Crippen LogP contribution is 2.24. The van der Waals surface area contributed by atoms with Gasteiger partial charge in [0.2, 0.25) is 0 Å². The van der Waals surface area contributed by atoms with E-state index in [0.29, 0.717) is 10.8 Å². The third kappa shape index (κ3) is 5.78. The van der Waals surface area contributed by atoms with Crippen LogP contribution in [0, 0.1) is 0 Å². The number of thioether (sulfide) groups is 1. The summed E-state index contributed by atoms with van der Waals surface area (Å²) in [6, 6.07) is 25.1. The van der Waals surface area contributed by atoms with E-state index in [9.17, 15) is 4.79 Å². The average molecular weight is 412 g/mol. The Morgan fingerprint density at radius 2 is 1.61 bits per heavy atom. The molecule has 1 amide bonds. The van der Waals surface area contributed by atoms with E-state index in [4.69, 9.17) is 16.3 Å². The first-order valence-electron chi connectivity index (χ1n) is 8.95. The molecule has 5 heteroatoms. The van der Waals surface area contributed by atoms with Crippen molar-refractivity contribution in [1.82, 2.24) is 0 Å². The molecule has 0 aliphatic rings. The van der Waals surface area contributed by atoms with Gasteiger partial charge in [0.1, 0.15) is 5.75 Å². The van der Waals surface area contributed by atoms with Crippen LogP contribution in [0.1, 0.15) is 19.4 Å². The lowest BCUT2D eigenvalue weighted by atomic mass is 10.1. The molecule has 0 radical (unpaired) electrons. The Hall–Kier alpha value is -2.43. The van der Waals surface area contributed by atoms with Crippen molar-refractivity contribution in [3.05, 3.63) is 89.4 Å². The van der Waals surface area contributed by atoms with Crippen LogP contribution in [-0.4, -0.2) is 11.5 Å². The second-order valence-corrected chi connectivity index (χ2v) is 8.30. The number of benzene rings is 3. The summed E-state index contributed by atoms with van der Waals surface area (Å²) in [5, 5.41) is 3.54. The number of hydrogen-bond donors (Lipinski definition) is 1. The smallest absolute Gasteiger partial charge is 0.267 e. The summed E-state index contributed by atoms with van der Waals surface area (Å²) in [4.78, 5) is 13.9. The van der Waals surface area contributed by atoms with Gasteiger partial charge >= 0.3 is 0 Å². The highest BCUT2D eigenvalue weighted by molar-refractivity contribution is 7.98. The molecule has 3 aromatic carbocycles. The van der Waals surface area contributed by atoms with Crippen LogP contribution in [0.3, 0.4) is 0 Å². The zero-order valence-electron chi connectivity index (χ0n) is 15.8. The molecule has 0 saturated carbocycles. The van der Waals surface area contributed by atoms with E-state index in [1.165, 1.54) is 10.5 Å². The van der Waals surface area contributed by atoms with Gasteiger partial charge in [0.15, 0.2) is 5.60 Å². The van der Waals surface area contributed by atoms with E-state index in [2.05, 4.69) is 17.4 Å². The van der Waals surface area contributed by atoms with E-state index < -0.39 is 5.60 Å². The average Bonchev–Trinajstić information content (AvgIpc) is 2.70. The Morgan fingerprint density at radius 1 is 0.964 bits per heavy atom. The molecule has 1 N–H and O–H groups in total. The molecule has 144 valence electrons. The van der Waals surface area contributed by atoms with Gasteiger partial charge in [-0.15, -0.1) is 11.8 Å². The first kappa shape index (κ1) is 20.3. The predicted octanol–water partition coefficient (Wildman–Crippen LogP) is 6.43. The molecule has 0 aromatic heterocycles. The number of anilines is 1. The first-order valence-corrected chi connectivity index (χ1v) is 10.3. The third-order valence-corrected chi connectivity index (χ3v) is 5.43. The highest BCUT2D eigenvalue weighted by atomic mass is 35.5. The molecule has 3 nitrogen and oxygen atoms in total. The monoisotopic (exact) mass is 411 g/mol. The standard InChI is InChI=1S/C23H22ClNO2S/c1-23(2,27-20-14-10-18(24)11-15-20)22(26)25-19-12-8-17(9-13-19)16-28-21-6-4-3-5-7-21/h3-15H,16H2,1-2H3,(H,25,26). The van der Waals surface area contributed by atoms with Crippen LogP contribution in [0.25, 0.3) is 0 Å². The van der Waals surface area contributed by atoms with Gasteiger partial charge in [0.25, 0.3) is 5.91 Å². The van der Waals surface area contributed by atoms with Gasteiger partial charge in [-0.2, -0.15) is 0 Å². The largest absolute Gasteiger partial charge is 0.478 e. The van der Waals surface area contributed by atoms with E-state index in [0.717, 1.165) is 11.4 Å². The summed E-state index contributed by atoms with van der Waals surface area (Å²) >= 11 is 7.67. The molecular weight excluding hydrogens is 390 g/mol. The molecule has 0 aliphatic heterocycles. The molecule has 0 heterocycles. The van der Waals surface area contributed by atoms with Gasteiger partial charge in [0, 0.05) is 21.4 Å². The van der Waals surface area contributed by atoms with Crippen molar-refractivity contribution in [3.63, 3.8) is 0 Å². The van der Waals surface area contributed by atoms with Crippen molar-refractivity contribution < 1.29 is 9.53 Å². The van der Waals surface area contributed by atoms with E-state index in [1.807, 2.05) is 42.5 Å². The molecule has 0 atom stereocenters. The summed E-state index contributed by atoms with van der Waals surface area (Å²) in [5.41, 5.74) is 0.921. The molecule has 0 spiro atoms. The quantitative estimate of drug-likeness (QED) is 0.455. The Balaban J connectivity index is 1.56. The number of carbonyl (C=O) groups is 1. The lowest BCUT2D eigenvalue weighted by Gasteiger charge is -2.25. The Labute approximate surface area is 175 Å². The van der Waals surface area contributed by atoms with E-state index in [1.54, 1.807) is 49.9 Å². The molecule has 0 aliphatic carbocycles. The maximum absolute atomic E-state index is 12.6. The SMILES string of the molecule is CC(C)(Oc1ccc(Cl)cc1)C(=O)Nc1ccc(CSc2ccccc2)cc1. The second-order valence-electron chi connectivity index (χ2n) is 6.82. The van der Waals surface area contributed by atoms with Gasteiger partial charge in [-0.25, -0.2) is 0 Å². The van der Waals surface area contributed by atoms with Gasteiger partial charge < -0.3 is 10.1 Å². The minimum atomic E-state index is -1.02. The van der Waals surface area contributed by atoms with Crippen LogP contribution >= 0.6 is 23.4 Å². The topological polar surface area (TPSA) is 38.3 Å². The fourth-order valence-corrected chi connectivity index (χ4v) is 3.49. The molecule has 3 rings (SSSR count). The molecule has 0 saturated heterocycles. The molecular formula is C23H22ClNO2S. The Kier molecular flexibility index (Phi) is 6.65. The van der Waals surface area contributed by atoms with Crippen molar-refractivity contribution in [2.75, 3.05) is 5.32 Å². The number of nitrogens with one attached hydrogen (secondary N) is 1. The lowest BCUT2D eigenvalue weighted by Crippen LogP contribution is -2.42. The van der Waals surface area contributed by atoms with Crippen LogP contribution in [0.15, 0.2) is 83.8 Å². The molecule has 0 unspecified atom stereocenters. The zero-order valence-corrected chi connectivity index (χ0v) is 17.4. The van der Waals surface area contributed by atoms with Crippen molar-refractivity contribution in [1.29, 1.82) is 0 Å². The summed E-state index contributed by atoms with van der Waals surface area (Å²) in [6.45, 7) is 3.48. The van der Waals surface area contributed by atoms with Crippen molar-refractivity contribution in [2.24, 2.45) is 0 Å². The zero-order chi connectivity index (χ0) is 20.0. The number of ether oxygens (including phenoxy) is 1. The molecule has 0 bridgehead atoms. The molecule has 0 fully saturated rings. The van der Waals surface area contributed by atoms with Gasteiger partial charge in [-0.3, -0.25) is 4.79 Å². The Morgan fingerprint density at radius 3 is 2.25 bits per heavy atom. The number of hydrogen-bond acceptors (Lipinski definition) is 3. The van der Waals surface area contributed by atoms with Crippen LogP contribution in [0.2, 0.25) is 5.02 Å². The summed E-state index contributed by atoms with van der Waals surface area (Å²) < 4.78 is 5.83. The normalized spacial score (nSPS) is 11.1. The van der Waals surface area contributed by atoms with Gasteiger partial charge in [-0.05, 0) is 67.9 Å². The van der Waals surface area contributed by atoms with E-state index in [-0.39, 0.29) is 5.91 Å². The van der Waals surface area contributed by atoms with Crippen molar-refractivity contribution in [3.8, 4) is 5.75 Å². The third-order valence-electron chi connectivity index (χ3n) is 4.09. The van der Waals surface area contributed by atoms with Crippen molar-refractivity contribution in [2.45, 2.75) is 30.1 Å². The fourth-order valence-electron chi connectivity index (χ4n) is 2.49. The summed E-state index contributed by atoms with van der Waals surface area (Å²) in [6.07, 6.45) is 0. The number of rotatable bonds is 7. The first-order chi connectivity index (χ1) is 13.4. The Bertz CT molecular complexity index is 910. The number of carbonyl (C=O) groups excluding carboxylic acids is 1. The van der Waals surface area contributed by atoms with Crippen LogP contribution in [0.5, 0.6) is 5.75 Å². The van der Waals surface area contributed by atoms with Crippen LogP contribution in [0.4, 0.5) is 5.69 Å². The van der Waals surface area contributed by atoms with Gasteiger partial charge in [0.05, 0.1) is 0 Å². The number of halogens is 1. The number of amides is 1. The fraction of sp³-hybridized carbons (Fsp3) is 0.174. The predicted molar refractivity (Wildman–Crippen MR) is 117 cm³/mol. The van der Waals surface area contributed by atoms with Gasteiger partial charge in [-0.1, -0.05) is 41.9 Å². The lowest BCUT2D eigenvalue weighted by molar-refractivity contribution is -0.128. The van der Waals surface area contributed by atoms with Crippen LogP contribution < -0.4 is 10.1 Å².